The average molecular weight is 278 g/mol. The maximum absolute atomic E-state index is 12.7. The topological polar surface area (TPSA) is 60.2 Å². The van der Waals surface area contributed by atoms with Crippen molar-refractivity contribution in [1.82, 2.24) is 19.9 Å². The zero-order valence-electron chi connectivity index (χ0n) is 12.0. The molecular weight excluding hydrogens is 256 g/mol. The number of carbonyl (C=O) groups is 1. The highest BCUT2D eigenvalue weighted by Crippen LogP contribution is 2.40. The van der Waals surface area contributed by atoms with E-state index in [-0.39, 0.29) is 11.3 Å². The van der Waals surface area contributed by atoms with Gasteiger partial charge in [-0.25, -0.2) is 4.68 Å². The third kappa shape index (κ3) is 2.44. The predicted octanol–water partition coefficient (Wildman–Crippen LogP) is 1.33. The molecule has 0 radical (unpaired) electrons. The first kappa shape index (κ1) is 13.5. The second-order valence-electron chi connectivity index (χ2n) is 5.92. The molecule has 1 aromatic rings. The number of hydrogen-bond acceptors (Lipinski definition) is 4. The SMILES string of the molecule is CCn1nncc1C(=O)N1CCOCC2(CCCC2)C1. The van der Waals surface area contributed by atoms with Gasteiger partial charge < -0.3 is 9.64 Å². The molecule has 0 N–H and O–H groups in total. The molecule has 2 fully saturated rings. The van der Waals surface area contributed by atoms with Gasteiger partial charge in [-0.2, -0.15) is 0 Å². The lowest BCUT2D eigenvalue weighted by molar-refractivity contribution is 0.0637. The minimum absolute atomic E-state index is 0.0358. The highest BCUT2D eigenvalue weighted by atomic mass is 16.5. The largest absolute Gasteiger partial charge is 0.379 e. The van der Waals surface area contributed by atoms with Gasteiger partial charge in [-0.1, -0.05) is 18.1 Å². The number of aryl methyl sites for hydroxylation is 1. The molecule has 20 heavy (non-hydrogen) atoms. The van der Waals surface area contributed by atoms with Crippen LogP contribution in [0.25, 0.3) is 0 Å². The van der Waals surface area contributed by atoms with E-state index in [0.29, 0.717) is 25.4 Å². The summed E-state index contributed by atoms with van der Waals surface area (Å²) < 4.78 is 7.42. The fourth-order valence-electron chi connectivity index (χ4n) is 3.41. The van der Waals surface area contributed by atoms with Gasteiger partial charge in [0.1, 0.15) is 5.69 Å². The van der Waals surface area contributed by atoms with E-state index < -0.39 is 0 Å². The Hall–Kier alpha value is -1.43. The summed E-state index contributed by atoms with van der Waals surface area (Å²) in [5.41, 5.74) is 0.763. The number of nitrogens with zero attached hydrogens (tertiary/aromatic N) is 4. The zero-order valence-corrected chi connectivity index (χ0v) is 12.0. The normalized spacial score (nSPS) is 22.1. The molecule has 1 spiro atoms. The Morgan fingerprint density at radius 2 is 2.25 bits per heavy atom. The highest BCUT2D eigenvalue weighted by molar-refractivity contribution is 5.92. The Morgan fingerprint density at radius 3 is 3.00 bits per heavy atom. The lowest BCUT2D eigenvalue weighted by atomic mass is 9.86. The Morgan fingerprint density at radius 1 is 1.45 bits per heavy atom. The highest BCUT2D eigenvalue weighted by Gasteiger charge is 2.39. The molecule has 6 heteroatoms. The van der Waals surface area contributed by atoms with Gasteiger partial charge in [0.2, 0.25) is 0 Å². The quantitative estimate of drug-likeness (QED) is 0.819. The van der Waals surface area contributed by atoms with Crippen molar-refractivity contribution in [3.63, 3.8) is 0 Å². The molecule has 1 aliphatic heterocycles. The van der Waals surface area contributed by atoms with Gasteiger partial charge in [0.05, 0.1) is 19.4 Å². The van der Waals surface area contributed by atoms with Crippen LogP contribution < -0.4 is 0 Å². The molecule has 110 valence electrons. The first-order valence-electron chi connectivity index (χ1n) is 7.50. The Kier molecular flexibility index (Phi) is 3.74. The van der Waals surface area contributed by atoms with E-state index in [9.17, 15) is 4.79 Å². The number of aromatic nitrogens is 3. The molecule has 0 atom stereocenters. The van der Waals surface area contributed by atoms with Crippen LogP contribution in [-0.4, -0.2) is 52.1 Å². The molecule has 1 saturated carbocycles. The molecule has 1 amide bonds. The van der Waals surface area contributed by atoms with Crippen LogP contribution in [0.2, 0.25) is 0 Å². The predicted molar refractivity (Wildman–Crippen MR) is 73.3 cm³/mol. The van der Waals surface area contributed by atoms with E-state index in [1.165, 1.54) is 25.7 Å². The zero-order chi connectivity index (χ0) is 14.0. The van der Waals surface area contributed by atoms with Crippen molar-refractivity contribution < 1.29 is 9.53 Å². The van der Waals surface area contributed by atoms with E-state index in [2.05, 4.69) is 10.3 Å². The summed E-state index contributed by atoms with van der Waals surface area (Å²) in [7, 11) is 0. The van der Waals surface area contributed by atoms with Crippen molar-refractivity contribution in [2.45, 2.75) is 39.2 Å². The number of ether oxygens (including phenoxy) is 1. The third-order valence-corrected chi connectivity index (χ3v) is 4.53. The molecule has 2 heterocycles. The summed E-state index contributed by atoms with van der Waals surface area (Å²) in [5.74, 6) is 0.0358. The molecule has 6 nitrogen and oxygen atoms in total. The number of rotatable bonds is 2. The van der Waals surface area contributed by atoms with Crippen molar-refractivity contribution in [2.24, 2.45) is 5.41 Å². The number of hydrogen-bond donors (Lipinski definition) is 0. The fourth-order valence-corrected chi connectivity index (χ4v) is 3.41. The Balaban J connectivity index is 1.79. The first-order chi connectivity index (χ1) is 9.74. The van der Waals surface area contributed by atoms with E-state index in [1.807, 2.05) is 11.8 Å². The lowest BCUT2D eigenvalue weighted by Gasteiger charge is -2.31. The van der Waals surface area contributed by atoms with Crippen molar-refractivity contribution in [2.75, 3.05) is 26.3 Å². The van der Waals surface area contributed by atoms with Crippen molar-refractivity contribution in [3.05, 3.63) is 11.9 Å². The molecule has 1 aromatic heterocycles. The van der Waals surface area contributed by atoms with Crippen LogP contribution in [0.4, 0.5) is 0 Å². The average Bonchev–Trinajstić information content (AvgIpc) is 3.05. The molecular formula is C14H22N4O2. The maximum atomic E-state index is 12.7. The second kappa shape index (κ2) is 5.52. The van der Waals surface area contributed by atoms with Crippen molar-refractivity contribution in [3.8, 4) is 0 Å². The molecule has 3 rings (SSSR count). The van der Waals surface area contributed by atoms with Crippen molar-refractivity contribution in [1.29, 1.82) is 0 Å². The first-order valence-corrected chi connectivity index (χ1v) is 7.50. The van der Waals surface area contributed by atoms with Crippen LogP contribution in [0.5, 0.6) is 0 Å². The summed E-state index contributed by atoms with van der Waals surface area (Å²) in [6.45, 7) is 5.52. The summed E-state index contributed by atoms with van der Waals surface area (Å²) in [6.07, 6.45) is 6.41. The van der Waals surface area contributed by atoms with Crippen LogP contribution >= 0.6 is 0 Å². The fraction of sp³-hybridized carbons (Fsp3) is 0.786. The minimum Gasteiger partial charge on any atom is -0.379 e. The van der Waals surface area contributed by atoms with Crippen molar-refractivity contribution >= 4 is 5.91 Å². The van der Waals surface area contributed by atoms with E-state index in [1.54, 1.807) is 10.9 Å². The third-order valence-electron chi connectivity index (χ3n) is 4.53. The molecule has 0 bridgehead atoms. The molecule has 0 unspecified atom stereocenters. The van der Waals surface area contributed by atoms with E-state index in [0.717, 1.165) is 13.2 Å². The van der Waals surface area contributed by atoms with Gasteiger partial charge in [0.15, 0.2) is 0 Å². The van der Waals surface area contributed by atoms with Gasteiger partial charge in [0, 0.05) is 25.0 Å². The molecule has 2 aliphatic rings. The molecule has 0 aromatic carbocycles. The van der Waals surface area contributed by atoms with Crippen LogP contribution in [0.1, 0.15) is 43.1 Å². The molecule has 1 saturated heterocycles. The molecule has 1 aliphatic carbocycles. The summed E-state index contributed by atoms with van der Waals surface area (Å²) in [6, 6.07) is 0. The Labute approximate surface area is 119 Å². The van der Waals surface area contributed by atoms with Gasteiger partial charge in [0.25, 0.3) is 5.91 Å². The van der Waals surface area contributed by atoms with Gasteiger partial charge in [-0.3, -0.25) is 4.79 Å². The van der Waals surface area contributed by atoms with Gasteiger partial charge in [-0.05, 0) is 19.8 Å². The second-order valence-corrected chi connectivity index (χ2v) is 5.92. The number of carbonyl (C=O) groups excluding carboxylic acids is 1. The van der Waals surface area contributed by atoms with Crippen LogP contribution in [0, 0.1) is 5.41 Å². The van der Waals surface area contributed by atoms with Crippen LogP contribution in [0.15, 0.2) is 6.20 Å². The summed E-state index contributed by atoms with van der Waals surface area (Å²) in [4.78, 5) is 14.6. The lowest BCUT2D eigenvalue weighted by Crippen LogP contribution is -2.41. The van der Waals surface area contributed by atoms with Gasteiger partial charge >= 0.3 is 0 Å². The summed E-state index contributed by atoms with van der Waals surface area (Å²) >= 11 is 0. The monoisotopic (exact) mass is 278 g/mol. The van der Waals surface area contributed by atoms with Gasteiger partial charge in [-0.15, -0.1) is 5.10 Å². The number of amides is 1. The Bertz CT molecular complexity index is 479. The van der Waals surface area contributed by atoms with E-state index >= 15 is 0 Å². The van der Waals surface area contributed by atoms with E-state index in [4.69, 9.17) is 4.74 Å². The standard InChI is InChI=1S/C14H22N4O2/c1-2-18-12(9-15-16-18)13(19)17-7-8-20-11-14(10-17)5-3-4-6-14/h9H,2-8,10-11H2,1H3. The van der Waals surface area contributed by atoms with Crippen LogP contribution in [-0.2, 0) is 11.3 Å². The smallest absolute Gasteiger partial charge is 0.273 e. The minimum atomic E-state index is 0.0358. The van der Waals surface area contributed by atoms with Crippen LogP contribution in [0.3, 0.4) is 0 Å². The maximum Gasteiger partial charge on any atom is 0.273 e. The summed E-state index contributed by atoms with van der Waals surface area (Å²) in [5, 5.41) is 7.81.